The molecule has 0 spiro atoms. The standard InChI is InChI=1S/C30H18N2O4/c1-5-17-13-23-24(29(21(17)7-3)35-19-9-11-27(33)25(31)15-19)14-18(6-2)22(8-4)30(23)36-20-10-12-28(34)26(32)16-20/h1-4,9-16,33-34H,31-32H2. The van der Waals surface area contributed by atoms with Gasteiger partial charge in [-0.1, -0.05) is 23.7 Å². The van der Waals surface area contributed by atoms with Gasteiger partial charge in [0.05, 0.1) is 22.5 Å². The first-order chi connectivity index (χ1) is 17.3. The van der Waals surface area contributed by atoms with Crippen molar-refractivity contribution in [2.45, 2.75) is 0 Å². The topological polar surface area (TPSA) is 111 Å². The molecule has 0 aliphatic rings. The monoisotopic (exact) mass is 470 g/mol. The molecule has 0 heterocycles. The van der Waals surface area contributed by atoms with Crippen LogP contribution < -0.4 is 20.9 Å². The number of rotatable bonds is 4. The van der Waals surface area contributed by atoms with Gasteiger partial charge in [0, 0.05) is 34.0 Å². The lowest BCUT2D eigenvalue weighted by Crippen LogP contribution is -2.00. The Morgan fingerprint density at radius 2 is 0.972 bits per heavy atom. The average Bonchev–Trinajstić information content (AvgIpc) is 2.87. The lowest BCUT2D eigenvalue weighted by Gasteiger charge is -2.18. The molecule has 0 aromatic heterocycles. The summed E-state index contributed by atoms with van der Waals surface area (Å²) in [6.45, 7) is 0. The van der Waals surface area contributed by atoms with Crippen molar-refractivity contribution in [1.29, 1.82) is 0 Å². The molecular formula is C30H18N2O4. The third-order valence-electron chi connectivity index (χ3n) is 5.39. The number of benzene rings is 4. The van der Waals surface area contributed by atoms with Crippen LogP contribution in [0.25, 0.3) is 10.8 Å². The van der Waals surface area contributed by atoms with Crippen LogP contribution in [0.5, 0.6) is 34.5 Å². The van der Waals surface area contributed by atoms with Gasteiger partial charge < -0.3 is 31.2 Å². The minimum absolute atomic E-state index is 0.0982. The smallest absolute Gasteiger partial charge is 0.152 e. The van der Waals surface area contributed by atoms with E-state index in [0.29, 0.717) is 44.5 Å². The Labute approximate surface area is 208 Å². The molecule has 0 bridgehead atoms. The van der Waals surface area contributed by atoms with Crippen LogP contribution in [0.15, 0.2) is 48.5 Å². The van der Waals surface area contributed by atoms with Gasteiger partial charge in [-0.15, -0.1) is 25.7 Å². The molecule has 172 valence electrons. The van der Waals surface area contributed by atoms with Crippen molar-refractivity contribution in [3.63, 3.8) is 0 Å². The molecule has 4 aromatic carbocycles. The van der Waals surface area contributed by atoms with E-state index < -0.39 is 0 Å². The third kappa shape index (κ3) is 4.00. The lowest BCUT2D eigenvalue weighted by molar-refractivity contribution is 0.466. The molecule has 6 N–H and O–H groups in total. The molecule has 0 saturated heterocycles. The number of phenolic OH excluding ortho intramolecular Hbond substituents is 2. The first kappa shape index (κ1) is 23.3. The van der Waals surface area contributed by atoms with Crippen molar-refractivity contribution in [3.8, 4) is 83.9 Å². The number of nitrogen functional groups attached to an aromatic ring is 2. The predicted octanol–water partition coefficient (Wildman–Crippen LogP) is 4.93. The van der Waals surface area contributed by atoms with E-state index in [0.717, 1.165) is 0 Å². The highest BCUT2D eigenvalue weighted by molar-refractivity contribution is 6.00. The normalized spacial score (nSPS) is 10.0. The number of fused-ring (bicyclic) bond motifs is 1. The van der Waals surface area contributed by atoms with Crippen LogP contribution in [0.2, 0.25) is 0 Å². The van der Waals surface area contributed by atoms with Crippen molar-refractivity contribution in [1.82, 2.24) is 0 Å². The highest BCUT2D eigenvalue weighted by Gasteiger charge is 2.21. The summed E-state index contributed by atoms with van der Waals surface area (Å²) in [6, 6.07) is 12.0. The van der Waals surface area contributed by atoms with E-state index >= 15 is 0 Å². The molecule has 0 amide bonds. The molecule has 0 unspecified atom stereocenters. The molecule has 4 aromatic rings. The Morgan fingerprint density at radius 3 is 1.28 bits per heavy atom. The van der Waals surface area contributed by atoms with Crippen molar-refractivity contribution in [2.24, 2.45) is 0 Å². The third-order valence-corrected chi connectivity index (χ3v) is 5.39. The fraction of sp³-hybridized carbons (Fsp3) is 0. The van der Waals surface area contributed by atoms with Gasteiger partial charge in [-0.2, -0.15) is 0 Å². The summed E-state index contributed by atoms with van der Waals surface area (Å²) in [4.78, 5) is 0. The number of ether oxygens (including phenoxy) is 2. The first-order valence-corrected chi connectivity index (χ1v) is 10.4. The SMILES string of the molecule is C#Cc1cc2c(Oc3ccc(O)c(N)c3)c(C#C)c(C#C)cc2c(Oc2ccc(O)c(N)c2)c1C#C. The largest absolute Gasteiger partial charge is 0.506 e. The number of phenols is 2. The van der Waals surface area contributed by atoms with E-state index in [1.807, 2.05) is 0 Å². The van der Waals surface area contributed by atoms with Gasteiger partial charge in [-0.3, -0.25) is 0 Å². The maximum absolute atomic E-state index is 9.78. The Bertz CT molecular complexity index is 1600. The summed E-state index contributed by atoms with van der Waals surface area (Å²) in [7, 11) is 0. The number of hydrogen-bond acceptors (Lipinski definition) is 6. The molecule has 36 heavy (non-hydrogen) atoms. The molecule has 0 aliphatic heterocycles. The van der Waals surface area contributed by atoms with Crippen LogP contribution >= 0.6 is 0 Å². The van der Waals surface area contributed by atoms with E-state index in [-0.39, 0.29) is 34.4 Å². The summed E-state index contributed by atoms with van der Waals surface area (Å²) in [6.07, 6.45) is 23.2. The highest BCUT2D eigenvalue weighted by atomic mass is 16.5. The summed E-state index contributed by atoms with van der Waals surface area (Å²) < 4.78 is 12.3. The number of hydrogen-bond donors (Lipinski definition) is 4. The molecule has 4 rings (SSSR count). The van der Waals surface area contributed by atoms with Gasteiger partial charge in [0.2, 0.25) is 0 Å². The maximum atomic E-state index is 9.78. The molecule has 0 aliphatic carbocycles. The second-order valence-corrected chi connectivity index (χ2v) is 7.57. The van der Waals surface area contributed by atoms with Gasteiger partial charge in [-0.05, 0) is 36.4 Å². The molecule has 0 saturated carbocycles. The van der Waals surface area contributed by atoms with Crippen molar-refractivity contribution < 1.29 is 19.7 Å². The van der Waals surface area contributed by atoms with Crippen LogP contribution in [-0.4, -0.2) is 10.2 Å². The van der Waals surface area contributed by atoms with Crippen molar-refractivity contribution in [3.05, 3.63) is 70.8 Å². The molecular weight excluding hydrogens is 452 g/mol. The number of anilines is 2. The second kappa shape index (κ2) is 9.20. The molecule has 6 heteroatoms. The zero-order chi connectivity index (χ0) is 26.0. The van der Waals surface area contributed by atoms with E-state index in [4.69, 9.17) is 46.6 Å². The zero-order valence-electron chi connectivity index (χ0n) is 18.8. The van der Waals surface area contributed by atoms with Gasteiger partial charge in [-0.25, -0.2) is 0 Å². The Balaban J connectivity index is 2.07. The van der Waals surface area contributed by atoms with Crippen molar-refractivity contribution >= 4 is 22.1 Å². The van der Waals surface area contributed by atoms with Crippen LogP contribution in [0.1, 0.15) is 22.3 Å². The van der Waals surface area contributed by atoms with Gasteiger partial charge in [0.15, 0.2) is 11.5 Å². The summed E-state index contributed by atoms with van der Waals surface area (Å²) in [5, 5.41) is 20.5. The van der Waals surface area contributed by atoms with E-state index in [1.54, 1.807) is 12.1 Å². The van der Waals surface area contributed by atoms with Gasteiger partial charge in [0.1, 0.15) is 23.0 Å². The van der Waals surface area contributed by atoms with Crippen LogP contribution in [0.3, 0.4) is 0 Å². The van der Waals surface area contributed by atoms with E-state index in [1.165, 1.54) is 36.4 Å². The predicted molar refractivity (Wildman–Crippen MR) is 141 cm³/mol. The summed E-state index contributed by atoms with van der Waals surface area (Å²) >= 11 is 0. The number of terminal acetylenes is 4. The minimum atomic E-state index is -0.0982. The number of aromatic hydroxyl groups is 2. The maximum Gasteiger partial charge on any atom is 0.152 e. The van der Waals surface area contributed by atoms with E-state index in [9.17, 15) is 10.2 Å². The van der Waals surface area contributed by atoms with Gasteiger partial charge in [0.25, 0.3) is 0 Å². The minimum Gasteiger partial charge on any atom is -0.506 e. The quantitative estimate of drug-likeness (QED) is 0.191. The average molecular weight is 470 g/mol. The Kier molecular flexibility index (Phi) is 5.97. The zero-order valence-corrected chi connectivity index (χ0v) is 18.8. The summed E-state index contributed by atoms with van der Waals surface area (Å²) in [5.74, 6) is 11.2. The van der Waals surface area contributed by atoms with Gasteiger partial charge >= 0.3 is 0 Å². The highest BCUT2D eigenvalue weighted by Crippen LogP contribution is 2.44. The van der Waals surface area contributed by atoms with Crippen LogP contribution in [0, 0.1) is 49.4 Å². The molecule has 0 fully saturated rings. The molecule has 0 atom stereocenters. The first-order valence-electron chi connectivity index (χ1n) is 10.4. The van der Waals surface area contributed by atoms with Crippen LogP contribution in [0.4, 0.5) is 11.4 Å². The lowest BCUT2D eigenvalue weighted by atomic mass is 9.94. The molecule has 6 nitrogen and oxygen atoms in total. The Hall–Kier alpha value is -5.82. The second-order valence-electron chi connectivity index (χ2n) is 7.57. The summed E-state index contributed by atoms with van der Waals surface area (Å²) in [5.41, 5.74) is 13.2. The number of nitrogens with two attached hydrogens (primary N) is 2. The fourth-order valence-electron chi connectivity index (χ4n) is 3.63. The van der Waals surface area contributed by atoms with Crippen LogP contribution in [-0.2, 0) is 0 Å². The fourth-order valence-corrected chi connectivity index (χ4v) is 3.63. The molecule has 0 radical (unpaired) electrons. The Morgan fingerprint density at radius 1 is 0.583 bits per heavy atom. The van der Waals surface area contributed by atoms with E-state index in [2.05, 4.69) is 23.7 Å². The van der Waals surface area contributed by atoms with Crippen molar-refractivity contribution in [2.75, 3.05) is 11.5 Å².